The first-order chi connectivity index (χ1) is 6.09. The lowest BCUT2D eigenvalue weighted by molar-refractivity contribution is -0.117. The first-order valence-corrected chi connectivity index (χ1v) is 4.82. The van der Waals surface area contributed by atoms with Gasteiger partial charge in [0.05, 0.1) is 17.1 Å². The van der Waals surface area contributed by atoms with Crippen molar-refractivity contribution in [1.82, 2.24) is 0 Å². The predicted octanol–water partition coefficient (Wildman–Crippen LogP) is 1.87. The van der Waals surface area contributed by atoms with Crippen LogP contribution in [0.4, 0.5) is 5.69 Å². The molecular formula is C8H6BrClN2O. The van der Waals surface area contributed by atoms with Crippen LogP contribution < -0.4 is 10.9 Å². The molecule has 3 nitrogen and oxygen atoms in total. The molecule has 0 atom stereocenters. The lowest BCUT2D eigenvalue weighted by Crippen LogP contribution is -2.33. The predicted molar refractivity (Wildman–Crippen MR) is 54.5 cm³/mol. The van der Waals surface area contributed by atoms with E-state index in [2.05, 4.69) is 15.9 Å². The van der Waals surface area contributed by atoms with Gasteiger partial charge in [-0.2, -0.15) is 0 Å². The van der Waals surface area contributed by atoms with E-state index in [1.165, 1.54) is 0 Å². The van der Waals surface area contributed by atoms with E-state index in [4.69, 9.17) is 17.4 Å². The van der Waals surface area contributed by atoms with Crippen molar-refractivity contribution in [1.29, 1.82) is 0 Å². The van der Waals surface area contributed by atoms with Crippen molar-refractivity contribution in [3.8, 4) is 0 Å². The molecule has 1 heterocycles. The molecular weight excluding hydrogens is 255 g/mol. The summed E-state index contributed by atoms with van der Waals surface area (Å²) in [4.78, 5) is 11.2. The zero-order chi connectivity index (χ0) is 9.59. The molecule has 1 amide bonds. The summed E-state index contributed by atoms with van der Waals surface area (Å²) in [5, 5.41) is 1.75. The molecule has 1 aromatic rings. The molecule has 0 aliphatic carbocycles. The monoisotopic (exact) mass is 260 g/mol. The number of nitrogens with zero attached hydrogens (tertiary/aromatic N) is 1. The molecule has 0 radical (unpaired) electrons. The number of fused-ring (bicyclic) bond motifs is 1. The normalized spacial score (nSPS) is 15.0. The van der Waals surface area contributed by atoms with Crippen LogP contribution in [0.15, 0.2) is 16.6 Å². The fraction of sp³-hybridized carbons (Fsp3) is 0.125. The smallest absolute Gasteiger partial charge is 0.245 e. The van der Waals surface area contributed by atoms with Gasteiger partial charge in [-0.1, -0.05) is 11.6 Å². The maximum absolute atomic E-state index is 11.2. The lowest BCUT2D eigenvalue weighted by atomic mass is 10.2. The number of hydrogen-bond acceptors (Lipinski definition) is 2. The Morgan fingerprint density at radius 2 is 2.23 bits per heavy atom. The summed E-state index contributed by atoms with van der Waals surface area (Å²) in [7, 11) is 0. The minimum absolute atomic E-state index is 0.107. The van der Waals surface area contributed by atoms with Crippen molar-refractivity contribution >= 4 is 39.1 Å². The molecule has 0 saturated carbocycles. The Kier molecular flexibility index (Phi) is 2.06. The van der Waals surface area contributed by atoms with Crippen LogP contribution in [-0.4, -0.2) is 5.91 Å². The van der Waals surface area contributed by atoms with Crippen molar-refractivity contribution in [3.05, 3.63) is 27.2 Å². The molecule has 0 unspecified atom stereocenters. The molecule has 0 bridgehead atoms. The first-order valence-electron chi connectivity index (χ1n) is 3.65. The van der Waals surface area contributed by atoms with Gasteiger partial charge in [-0.3, -0.25) is 4.79 Å². The second-order valence-corrected chi connectivity index (χ2v) is 4.10. The Morgan fingerprint density at radius 1 is 1.54 bits per heavy atom. The molecule has 5 heteroatoms. The number of amides is 1. The molecule has 2 rings (SSSR count). The Labute approximate surface area is 88.6 Å². The summed E-state index contributed by atoms with van der Waals surface area (Å²) >= 11 is 9.14. The Hall–Kier alpha value is -0.580. The fourth-order valence-electron chi connectivity index (χ4n) is 1.33. The van der Waals surface area contributed by atoms with E-state index in [-0.39, 0.29) is 5.91 Å². The van der Waals surface area contributed by atoms with Gasteiger partial charge in [-0.25, -0.2) is 10.9 Å². The van der Waals surface area contributed by atoms with E-state index >= 15 is 0 Å². The number of anilines is 1. The molecule has 1 aromatic carbocycles. The minimum atomic E-state index is -0.107. The highest BCUT2D eigenvalue weighted by atomic mass is 79.9. The molecule has 1 aliphatic heterocycles. The van der Waals surface area contributed by atoms with Gasteiger partial charge in [-0.05, 0) is 33.6 Å². The number of hydrogen-bond donors (Lipinski definition) is 1. The highest BCUT2D eigenvalue weighted by molar-refractivity contribution is 9.10. The summed E-state index contributed by atoms with van der Waals surface area (Å²) in [6.45, 7) is 0. The van der Waals surface area contributed by atoms with Crippen LogP contribution in [-0.2, 0) is 11.2 Å². The van der Waals surface area contributed by atoms with Crippen LogP contribution in [0.3, 0.4) is 0 Å². The van der Waals surface area contributed by atoms with Gasteiger partial charge in [0.2, 0.25) is 5.91 Å². The van der Waals surface area contributed by atoms with Crippen LogP contribution in [0.1, 0.15) is 5.56 Å². The molecule has 68 valence electrons. The molecule has 13 heavy (non-hydrogen) atoms. The van der Waals surface area contributed by atoms with Crippen LogP contribution >= 0.6 is 27.5 Å². The van der Waals surface area contributed by atoms with Crippen LogP contribution in [0.5, 0.6) is 0 Å². The van der Waals surface area contributed by atoms with Gasteiger partial charge in [0.25, 0.3) is 0 Å². The Balaban J connectivity index is 2.59. The van der Waals surface area contributed by atoms with Gasteiger partial charge < -0.3 is 0 Å². The van der Waals surface area contributed by atoms with E-state index in [1.54, 1.807) is 12.1 Å². The van der Waals surface area contributed by atoms with E-state index < -0.39 is 0 Å². The van der Waals surface area contributed by atoms with Crippen LogP contribution in [0.2, 0.25) is 5.02 Å². The number of nitrogens with two attached hydrogens (primary N) is 1. The van der Waals surface area contributed by atoms with Crippen LogP contribution in [0.25, 0.3) is 0 Å². The second-order valence-electron chi connectivity index (χ2n) is 2.84. The van der Waals surface area contributed by atoms with Gasteiger partial charge >= 0.3 is 0 Å². The minimum Gasteiger partial charge on any atom is -0.273 e. The maximum atomic E-state index is 11.2. The largest absolute Gasteiger partial charge is 0.273 e. The molecule has 0 spiro atoms. The lowest BCUT2D eigenvalue weighted by Gasteiger charge is -2.09. The average molecular weight is 262 g/mol. The van der Waals surface area contributed by atoms with Crippen molar-refractivity contribution in [2.75, 3.05) is 5.01 Å². The SMILES string of the molecule is NN1C(=O)Cc2cc(Cl)c(Br)cc21. The van der Waals surface area contributed by atoms with Crippen molar-refractivity contribution in [3.63, 3.8) is 0 Å². The van der Waals surface area contributed by atoms with E-state index in [0.29, 0.717) is 11.4 Å². The third-order valence-corrected chi connectivity index (χ3v) is 3.19. The average Bonchev–Trinajstić information content (AvgIpc) is 2.32. The second kappa shape index (κ2) is 2.97. The van der Waals surface area contributed by atoms with Gasteiger partial charge in [0.15, 0.2) is 0 Å². The van der Waals surface area contributed by atoms with Crippen molar-refractivity contribution in [2.24, 2.45) is 5.84 Å². The fourth-order valence-corrected chi connectivity index (χ4v) is 1.84. The molecule has 0 fully saturated rings. The number of carbonyl (C=O) groups excluding carboxylic acids is 1. The zero-order valence-electron chi connectivity index (χ0n) is 6.55. The molecule has 0 saturated heterocycles. The Bertz CT molecular complexity index is 394. The summed E-state index contributed by atoms with van der Waals surface area (Å²) in [5.41, 5.74) is 1.60. The standard InChI is InChI=1S/C8H6BrClN2O/c9-5-3-7-4(1-6(5)10)2-8(13)12(7)11/h1,3H,2,11H2. The van der Waals surface area contributed by atoms with Gasteiger partial charge in [0, 0.05) is 4.47 Å². The summed E-state index contributed by atoms with van der Waals surface area (Å²) in [6, 6.07) is 3.51. The zero-order valence-corrected chi connectivity index (χ0v) is 8.89. The molecule has 1 aliphatic rings. The summed E-state index contributed by atoms with van der Waals surface area (Å²) in [5.74, 6) is 5.42. The Morgan fingerprint density at radius 3 is 2.92 bits per heavy atom. The summed E-state index contributed by atoms with van der Waals surface area (Å²) in [6.07, 6.45) is 0.332. The van der Waals surface area contributed by atoms with E-state index in [1.807, 2.05) is 0 Å². The van der Waals surface area contributed by atoms with Gasteiger partial charge in [0.1, 0.15) is 0 Å². The van der Waals surface area contributed by atoms with E-state index in [0.717, 1.165) is 20.7 Å². The third kappa shape index (κ3) is 1.35. The quantitative estimate of drug-likeness (QED) is 0.572. The third-order valence-electron chi connectivity index (χ3n) is 1.99. The molecule has 2 N–H and O–H groups in total. The number of halogens is 2. The maximum Gasteiger partial charge on any atom is 0.245 e. The van der Waals surface area contributed by atoms with Gasteiger partial charge in [-0.15, -0.1) is 0 Å². The molecule has 0 aromatic heterocycles. The number of carbonyl (C=O) groups is 1. The van der Waals surface area contributed by atoms with Crippen molar-refractivity contribution in [2.45, 2.75) is 6.42 Å². The summed E-state index contributed by atoms with van der Waals surface area (Å²) < 4.78 is 0.748. The highest BCUT2D eigenvalue weighted by Gasteiger charge is 2.25. The topological polar surface area (TPSA) is 46.3 Å². The first kappa shape index (κ1) is 8.99. The number of benzene rings is 1. The number of rotatable bonds is 0. The van der Waals surface area contributed by atoms with Crippen LogP contribution in [0, 0.1) is 0 Å². The van der Waals surface area contributed by atoms with E-state index in [9.17, 15) is 4.79 Å². The highest BCUT2D eigenvalue weighted by Crippen LogP contribution is 2.34. The van der Waals surface area contributed by atoms with Crippen molar-refractivity contribution < 1.29 is 4.79 Å². The number of hydrazine groups is 1.